The Morgan fingerprint density at radius 1 is 1.39 bits per heavy atom. The Hall–Kier alpha value is -1.02. The lowest BCUT2D eigenvalue weighted by atomic mass is 10.2. The predicted octanol–water partition coefficient (Wildman–Crippen LogP) is 3.75. The standard InChI is InChI=1S/C16H25NO/c1-4-6-14-10-16(14)17-11-13-7-5-8-15(9-13)18-12(2)3/h5,7-9,12,14,16-17H,4,6,10-11H2,1-3H3. The molecule has 0 bridgehead atoms. The molecule has 1 N–H and O–H groups in total. The quantitative estimate of drug-likeness (QED) is 0.792. The molecule has 0 aromatic heterocycles. The van der Waals surface area contributed by atoms with Gasteiger partial charge in [-0.1, -0.05) is 25.5 Å². The lowest BCUT2D eigenvalue weighted by Crippen LogP contribution is -2.17. The first kappa shape index (κ1) is 13.4. The highest BCUT2D eigenvalue weighted by molar-refractivity contribution is 5.28. The summed E-state index contributed by atoms with van der Waals surface area (Å²) in [5, 5.41) is 3.63. The number of nitrogens with one attached hydrogen (secondary N) is 1. The molecule has 2 unspecified atom stereocenters. The average molecular weight is 247 g/mol. The first-order valence-electron chi connectivity index (χ1n) is 7.18. The fourth-order valence-electron chi connectivity index (χ4n) is 2.44. The van der Waals surface area contributed by atoms with E-state index >= 15 is 0 Å². The van der Waals surface area contributed by atoms with Crippen LogP contribution in [0.1, 0.15) is 45.6 Å². The van der Waals surface area contributed by atoms with Crippen molar-refractivity contribution in [1.82, 2.24) is 5.32 Å². The molecule has 100 valence electrons. The highest BCUT2D eigenvalue weighted by Gasteiger charge is 2.35. The van der Waals surface area contributed by atoms with Gasteiger partial charge in [0, 0.05) is 12.6 Å². The molecule has 0 saturated heterocycles. The van der Waals surface area contributed by atoms with E-state index in [1.165, 1.54) is 24.8 Å². The van der Waals surface area contributed by atoms with Crippen LogP contribution in [0.3, 0.4) is 0 Å². The topological polar surface area (TPSA) is 21.3 Å². The third-order valence-corrected chi connectivity index (χ3v) is 3.42. The molecular formula is C16H25NO. The molecule has 0 aliphatic heterocycles. The number of hydrogen-bond acceptors (Lipinski definition) is 2. The van der Waals surface area contributed by atoms with Gasteiger partial charge < -0.3 is 10.1 Å². The average Bonchev–Trinajstić information content (AvgIpc) is 3.05. The monoisotopic (exact) mass is 247 g/mol. The van der Waals surface area contributed by atoms with Crippen LogP contribution in [0, 0.1) is 5.92 Å². The van der Waals surface area contributed by atoms with Gasteiger partial charge in [0.25, 0.3) is 0 Å². The molecule has 0 heterocycles. The van der Waals surface area contributed by atoms with E-state index in [0.717, 1.165) is 24.3 Å². The summed E-state index contributed by atoms with van der Waals surface area (Å²) in [5.74, 6) is 1.90. The molecule has 1 saturated carbocycles. The van der Waals surface area contributed by atoms with Crippen LogP contribution in [-0.2, 0) is 6.54 Å². The molecule has 1 aliphatic rings. The summed E-state index contributed by atoms with van der Waals surface area (Å²) in [5.41, 5.74) is 1.32. The van der Waals surface area contributed by atoms with Crippen LogP contribution in [0.2, 0.25) is 0 Å². The fraction of sp³-hybridized carbons (Fsp3) is 0.625. The molecule has 0 amide bonds. The summed E-state index contributed by atoms with van der Waals surface area (Å²) >= 11 is 0. The second kappa shape index (κ2) is 6.24. The maximum Gasteiger partial charge on any atom is 0.120 e. The van der Waals surface area contributed by atoms with Gasteiger partial charge in [-0.15, -0.1) is 0 Å². The Kier molecular flexibility index (Phi) is 4.65. The second-order valence-electron chi connectivity index (χ2n) is 5.59. The van der Waals surface area contributed by atoms with Crippen molar-refractivity contribution in [2.24, 2.45) is 5.92 Å². The minimum atomic E-state index is 0.241. The first-order valence-corrected chi connectivity index (χ1v) is 7.18. The van der Waals surface area contributed by atoms with E-state index in [2.05, 4.69) is 44.3 Å². The van der Waals surface area contributed by atoms with Gasteiger partial charge in [-0.05, 0) is 50.3 Å². The molecule has 1 aromatic rings. The van der Waals surface area contributed by atoms with E-state index in [-0.39, 0.29) is 6.10 Å². The molecule has 0 spiro atoms. The third kappa shape index (κ3) is 4.02. The molecular weight excluding hydrogens is 222 g/mol. The minimum absolute atomic E-state index is 0.241. The summed E-state index contributed by atoms with van der Waals surface area (Å²) in [4.78, 5) is 0. The number of ether oxygens (including phenoxy) is 1. The Morgan fingerprint density at radius 3 is 2.94 bits per heavy atom. The van der Waals surface area contributed by atoms with Crippen molar-refractivity contribution in [1.29, 1.82) is 0 Å². The highest BCUT2D eigenvalue weighted by Crippen LogP contribution is 2.34. The van der Waals surface area contributed by atoms with Crippen molar-refractivity contribution in [3.8, 4) is 5.75 Å². The Labute approximate surface area is 111 Å². The summed E-state index contributed by atoms with van der Waals surface area (Å²) in [6, 6.07) is 9.16. The van der Waals surface area contributed by atoms with Crippen LogP contribution in [0.5, 0.6) is 5.75 Å². The molecule has 1 fully saturated rings. The van der Waals surface area contributed by atoms with Crippen molar-refractivity contribution in [2.75, 3.05) is 0 Å². The van der Waals surface area contributed by atoms with E-state index in [9.17, 15) is 0 Å². The van der Waals surface area contributed by atoms with Crippen LogP contribution in [0.4, 0.5) is 0 Å². The number of rotatable bonds is 7. The van der Waals surface area contributed by atoms with E-state index in [4.69, 9.17) is 4.74 Å². The van der Waals surface area contributed by atoms with Crippen molar-refractivity contribution in [2.45, 2.75) is 58.7 Å². The zero-order chi connectivity index (χ0) is 13.0. The third-order valence-electron chi connectivity index (χ3n) is 3.42. The van der Waals surface area contributed by atoms with Gasteiger partial charge in [-0.3, -0.25) is 0 Å². The zero-order valence-electron chi connectivity index (χ0n) is 11.8. The Balaban J connectivity index is 1.79. The van der Waals surface area contributed by atoms with Crippen molar-refractivity contribution < 1.29 is 4.74 Å². The van der Waals surface area contributed by atoms with Gasteiger partial charge in [-0.25, -0.2) is 0 Å². The Bertz CT molecular complexity index is 375. The van der Waals surface area contributed by atoms with Gasteiger partial charge in [0.1, 0.15) is 5.75 Å². The SMILES string of the molecule is CCCC1CC1NCc1cccc(OC(C)C)c1. The maximum absolute atomic E-state index is 5.71. The zero-order valence-corrected chi connectivity index (χ0v) is 11.8. The van der Waals surface area contributed by atoms with Crippen LogP contribution in [0.25, 0.3) is 0 Å². The number of hydrogen-bond donors (Lipinski definition) is 1. The fourth-order valence-corrected chi connectivity index (χ4v) is 2.44. The van der Waals surface area contributed by atoms with Gasteiger partial charge in [0.15, 0.2) is 0 Å². The van der Waals surface area contributed by atoms with Crippen LogP contribution < -0.4 is 10.1 Å². The first-order chi connectivity index (χ1) is 8.69. The van der Waals surface area contributed by atoms with Crippen LogP contribution in [-0.4, -0.2) is 12.1 Å². The van der Waals surface area contributed by atoms with Gasteiger partial charge in [-0.2, -0.15) is 0 Å². The lowest BCUT2D eigenvalue weighted by molar-refractivity contribution is 0.242. The molecule has 1 aromatic carbocycles. The molecule has 2 heteroatoms. The summed E-state index contributed by atoms with van der Waals surface area (Å²) in [7, 11) is 0. The van der Waals surface area contributed by atoms with Crippen molar-refractivity contribution in [3.05, 3.63) is 29.8 Å². The second-order valence-corrected chi connectivity index (χ2v) is 5.59. The summed E-state index contributed by atoms with van der Waals surface area (Å²) in [6.45, 7) is 7.34. The molecule has 2 rings (SSSR count). The molecule has 18 heavy (non-hydrogen) atoms. The summed E-state index contributed by atoms with van der Waals surface area (Å²) in [6.07, 6.45) is 4.27. The van der Waals surface area contributed by atoms with E-state index < -0.39 is 0 Å². The van der Waals surface area contributed by atoms with Gasteiger partial charge in [0.2, 0.25) is 0 Å². The highest BCUT2D eigenvalue weighted by atomic mass is 16.5. The number of benzene rings is 1. The van der Waals surface area contributed by atoms with Gasteiger partial charge >= 0.3 is 0 Å². The van der Waals surface area contributed by atoms with E-state index in [1.807, 2.05) is 6.07 Å². The van der Waals surface area contributed by atoms with Crippen molar-refractivity contribution >= 4 is 0 Å². The van der Waals surface area contributed by atoms with E-state index in [1.54, 1.807) is 0 Å². The van der Waals surface area contributed by atoms with Crippen LogP contribution >= 0.6 is 0 Å². The minimum Gasteiger partial charge on any atom is -0.491 e. The van der Waals surface area contributed by atoms with E-state index in [0.29, 0.717) is 0 Å². The van der Waals surface area contributed by atoms with Crippen molar-refractivity contribution in [3.63, 3.8) is 0 Å². The van der Waals surface area contributed by atoms with Crippen LogP contribution in [0.15, 0.2) is 24.3 Å². The summed E-state index contributed by atoms with van der Waals surface area (Å²) < 4.78 is 5.71. The predicted molar refractivity (Wildman–Crippen MR) is 75.8 cm³/mol. The molecule has 0 radical (unpaired) electrons. The Morgan fingerprint density at radius 2 is 2.22 bits per heavy atom. The smallest absolute Gasteiger partial charge is 0.120 e. The normalized spacial score (nSPS) is 22.2. The molecule has 1 aliphatic carbocycles. The lowest BCUT2D eigenvalue weighted by Gasteiger charge is -2.11. The largest absolute Gasteiger partial charge is 0.491 e. The molecule has 2 nitrogen and oxygen atoms in total. The van der Waals surface area contributed by atoms with Gasteiger partial charge in [0.05, 0.1) is 6.10 Å². The maximum atomic E-state index is 5.71. The molecule has 2 atom stereocenters.